The lowest BCUT2D eigenvalue weighted by molar-refractivity contribution is -0.389. The minimum Gasteiger partial charge on any atom is -0.358 e. The summed E-state index contributed by atoms with van der Waals surface area (Å²) in [5.74, 6) is 0.382. The van der Waals surface area contributed by atoms with E-state index in [1.807, 2.05) is 23.1 Å². The third-order valence-electron chi connectivity index (χ3n) is 5.08. The molecule has 3 heterocycles. The van der Waals surface area contributed by atoms with Crippen LogP contribution in [0.15, 0.2) is 30.6 Å². The molecule has 2 aromatic heterocycles. The van der Waals surface area contributed by atoms with Crippen LogP contribution < -0.4 is 5.32 Å². The Morgan fingerprint density at radius 1 is 1.39 bits per heavy atom. The number of carbonyl (C=O) groups excluding carboxylic acids is 1. The Hall–Kier alpha value is -2.81. The lowest BCUT2D eigenvalue weighted by Gasteiger charge is -2.31. The summed E-state index contributed by atoms with van der Waals surface area (Å²) >= 11 is 0. The molecule has 1 atom stereocenters. The molecule has 0 aromatic carbocycles. The topological polar surface area (TPSA) is 106 Å². The van der Waals surface area contributed by atoms with Crippen molar-refractivity contribution in [2.45, 2.75) is 51.7 Å². The normalized spacial score (nSPS) is 17.1. The first-order valence-corrected chi connectivity index (χ1v) is 9.63. The molecule has 3 rings (SSSR count). The molecule has 2 aromatic rings. The Balaban J connectivity index is 1.71. The summed E-state index contributed by atoms with van der Waals surface area (Å²) in [6.45, 7) is 4.42. The maximum Gasteiger partial charge on any atom is 0.381 e. The molecule has 0 saturated carbocycles. The number of pyridine rings is 1. The number of nitro groups is 1. The number of hydrogen-bond acceptors (Lipinski definition) is 6. The van der Waals surface area contributed by atoms with Crippen LogP contribution in [0, 0.1) is 17.0 Å². The summed E-state index contributed by atoms with van der Waals surface area (Å²) in [6.07, 6.45) is 6.30. The number of nitrogens with one attached hydrogen (secondary N) is 1. The van der Waals surface area contributed by atoms with Gasteiger partial charge in [-0.05, 0) is 54.4 Å². The average molecular weight is 386 g/mol. The molecule has 1 saturated heterocycles. The zero-order valence-electron chi connectivity index (χ0n) is 16.1. The minimum absolute atomic E-state index is 0.0355. The van der Waals surface area contributed by atoms with Gasteiger partial charge >= 0.3 is 5.82 Å². The minimum atomic E-state index is -0.517. The van der Waals surface area contributed by atoms with Gasteiger partial charge in [0.15, 0.2) is 0 Å². The van der Waals surface area contributed by atoms with Gasteiger partial charge in [-0.15, -0.1) is 0 Å². The Morgan fingerprint density at radius 3 is 2.96 bits per heavy atom. The van der Waals surface area contributed by atoms with E-state index in [0.717, 1.165) is 38.0 Å². The Morgan fingerprint density at radius 2 is 2.25 bits per heavy atom. The molecule has 1 unspecified atom stereocenters. The SMILES string of the molecule is Cc1nc([N+](=O)[O-])cn1CCC(=O)N(Cc1ccccn1)C1CCCNCC1. The van der Waals surface area contributed by atoms with Crippen LogP contribution in [0.25, 0.3) is 0 Å². The second-order valence-electron chi connectivity index (χ2n) is 7.02. The molecular weight excluding hydrogens is 360 g/mol. The van der Waals surface area contributed by atoms with Crippen molar-refractivity contribution in [3.8, 4) is 0 Å². The quantitative estimate of drug-likeness (QED) is 0.577. The van der Waals surface area contributed by atoms with Crippen molar-refractivity contribution in [2.75, 3.05) is 13.1 Å². The number of hydrogen-bond donors (Lipinski definition) is 1. The summed E-state index contributed by atoms with van der Waals surface area (Å²) in [7, 11) is 0. The van der Waals surface area contributed by atoms with E-state index in [1.165, 1.54) is 6.20 Å². The smallest absolute Gasteiger partial charge is 0.358 e. The van der Waals surface area contributed by atoms with E-state index >= 15 is 0 Å². The van der Waals surface area contributed by atoms with Crippen molar-refractivity contribution in [3.63, 3.8) is 0 Å². The summed E-state index contributed by atoms with van der Waals surface area (Å²) in [6, 6.07) is 5.88. The molecule has 0 aliphatic carbocycles. The van der Waals surface area contributed by atoms with Crippen LogP contribution in [-0.4, -0.2) is 49.4 Å². The van der Waals surface area contributed by atoms with E-state index in [2.05, 4.69) is 15.3 Å². The van der Waals surface area contributed by atoms with E-state index < -0.39 is 4.92 Å². The second-order valence-corrected chi connectivity index (χ2v) is 7.02. The fourth-order valence-electron chi connectivity index (χ4n) is 3.57. The second kappa shape index (κ2) is 9.41. The van der Waals surface area contributed by atoms with Crippen LogP contribution in [-0.2, 0) is 17.9 Å². The third kappa shape index (κ3) is 5.13. The van der Waals surface area contributed by atoms with Crippen LogP contribution in [0.2, 0.25) is 0 Å². The van der Waals surface area contributed by atoms with Gasteiger partial charge in [-0.2, -0.15) is 0 Å². The predicted octanol–water partition coefficient (Wildman–Crippen LogP) is 2.06. The molecule has 28 heavy (non-hydrogen) atoms. The molecule has 1 aliphatic rings. The molecular formula is C19H26N6O3. The molecule has 1 amide bonds. The van der Waals surface area contributed by atoms with Crippen molar-refractivity contribution in [3.05, 3.63) is 52.2 Å². The summed E-state index contributed by atoms with van der Waals surface area (Å²) < 4.78 is 1.67. The highest BCUT2D eigenvalue weighted by Crippen LogP contribution is 2.18. The largest absolute Gasteiger partial charge is 0.381 e. The maximum absolute atomic E-state index is 13.1. The molecule has 150 valence electrons. The number of aromatic nitrogens is 3. The first-order chi connectivity index (χ1) is 13.5. The lowest BCUT2D eigenvalue weighted by Crippen LogP contribution is -2.40. The van der Waals surface area contributed by atoms with Gasteiger partial charge in [0.25, 0.3) is 0 Å². The van der Waals surface area contributed by atoms with E-state index in [1.54, 1.807) is 17.7 Å². The molecule has 9 nitrogen and oxygen atoms in total. The number of rotatable bonds is 7. The monoisotopic (exact) mass is 386 g/mol. The molecule has 0 radical (unpaired) electrons. The van der Waals surface area contributed by atoms with Crippen LogP contribution in [0.3, 0.4) is 0 Å². The Bertz CT molecular complexity index is 799. The first-order valence-electron chi connectivity index (χ1n) is 9.63. The number of aryl methyl sites for hydroxylation is 2. The maximum atomic E-state index is 13.1. The van der Waals surface area contributed by atoms with Crippen LogP contribution in [0.1, 0.15) is 37.2 Å². The average Bonchev–Trinajstić information content (AvgIpc) is 2.89. The summed E-state index contributed by atoms with van der Waals surface area (Å²) in [5, 5.41) is 14.3. The van der Waals surface area contributed by atoms with Crippen LogP contribution >= 0.6 is 0 Å². The molecule has 1 fully saturated rings. The van der Waals surface area contributed by atoms with Gasteiger partial charge in [0.05, 0.1) is 12.2 Å². The van der Waals surface area contributed by atoms with E-state index in [-0.39, 0.29) is 24.2 Å². The van der Waals surface area contributed by atoms with Gasteiger partial charge < -0.3 is 24.9 Å². The fourth-order valence-corrected chi connectivity index (χ4v) is 3.57. The number of amides is 1. The standard InChI is InChI=1S/C19H26N6O3/c1-15-22-18(25(27)28)14-23(15)12-8-19(26)24(13-16-5-2-3-10-21-16)17-6-4-9-20-11-7-17/h2-3,5,10,14,17,20H,4,6-9,11-13H2,1H3. The van der Waals surface area contributed by atoms with Crippen molar-refractivity contribution in [1.29, 1.82) is 0 Å². The highest BCUT2D eigenvalue weighted by molar-refractivity contribution is 5.76. The van der Waals surface area contributed by atoms with E-state index in [9.17, 15) is 14.9 Å². The zero-order valence-corrected chi connectivity index (χ0v) is 16.1. The van der Waals surface area contributed by atoms with E-state index in [0.29, 0.717) is 18.9 Å². The van der Waals surface area contributed by atoms with E-state index in [4.69, 9.17) is 0 Å². The number of carbonyl (C=O) groups is 1. The van der Waals surface area contributed by atoms with Gasteiger partial charge in [0.1, 0.15) is 6.20 Å². The molecule has 1 N–H and O–H groups in total. The van der Waals surface area contributed by atoms with Crippen molar-refractivity contribution >= 4 is 11.7 Å². The third-order valence-corrected chi connectivity index (χ3v) is 5.08. The van der Waals surface area contributed by atoms with Gasteiger partial charge in [0.2, 0.25) is 11.7 Å². The summed E-state index contributed by atoms with van der Waals surface area (Å²) in [5.41, 5.74) is 0.863. The zero-order chi connectivity index (χ0) is 19.9. The molecule has 0 spiro atoms. The highest BCUT2D eigenvalue weighted by Gasteiger charge is 2.25. The molecule has 9 heteroatoms. The Labute approximate surface area is 163 Å². The van der Waals surface area contributed by atoms with Gasteiger partial charge in [-0.1, -0.05) is 6.07 Å². The van der Waals surface area contributed by atoms with Crippen molar-refractivity contribution in [1.82, 2.24) is 24.8 Å². The van der Waals surface area contributed by atoms with Crippen LogP contribution in [0.5, 0.6) is 0 Å². The fraction of sp³-hybridized carbons (Fsp3) is 0.526. The summed E-state index contributed by atoms with van der Waals surface area (Å²) in [4.78, 5) is 33.7. The molecule has 1 aliphatic heterocycles. The van der Waals surface area contributed by atoms with Crippen molar-refractivity contribution in [2.24, 2.45) is 0 Å². The van der Waals surface area contributed by atoms with Gasteiger partial charge in [-0.3, -0.25) is 9.78 Å². The highest BCUT2D eigenvalue weighted by atomic mass is 16.6. The Kier molecular flexibility index (Phi) is 6.70. The first kappa shape index (κ1) is 19.9. The predicted molar refractivity (Wildman–Crippen MR) is 104 cm³/mol. The van der Waals surface area contributed by atoms with Crippen LogP contribution in [0.4, 0.5) is 5.82 Å². The molecule has 0 bridgehead atoms. The number of imidazole rings is 1. The lowest BCUT2D eigenvalue weighted by atomic mass is 10.1. The van der Waals surface area contributed by atoms with Gasteiger partial charge in [0, 0.05) is 32.1 Å². The van der Waals surface area contributed by atoms with Gasteiger partial charge in [-0.25, -0.2) is 0 Å². The van der Waals surface area contributed by atoms with Crippen molar-refractivity contribution < 1.29 is 9.72 Å². The number of nitrogens with zero attached hydrogens (tertiary/aromatic N) is 5.